The predicted molar refractivity (Wildman–Crippen MR) is 123 cm³/mol. The molecule has 0 saturated heterocycles. The lowest BCUT2D eigenvalue weighted by molar-refractivity contribution is 0.817. The smallest absolute Gasteiger partial charge is 0.0534 e. The van der Waals surface area contributed by atoms with E-state index in [1.165, 1.54) is 54.7 Å². The highest BCUT2D eigenvalue weighted by Crippen LogP contribution is 2.43. The minimum atomic E-state index is 0.998. The topological polar surface area (TPSA) is 9.86 Å². The van der Waals surface area contributed by atoms with Crippen molar-refractivity contribution in [3.05, 3.63) is 59.7 Å². The van der Waals surface area contributed by atoms with Crippen molar-refractivity contribution < 1.29 is 0 Å². The van der Waals surface area contributed by atoms with Crippen molar-refractivity contribution in [2.24, 2.45) is 0 Å². The summed E-state index contributed by atoms with van der Waals surface area (Å²) in [5, 5.41) is 5.75. The maximum atomic E-state index is 2.54. The summed E-state index contributed by atoms with van der Waals surface area (Å²) in [5.41, 5.74) is 8.64. The summed E-state index contributed by atoms with van der Waals surface area (Å²) < 4.78 is 5.08. The van der Waals surface area contributed by atoms with E-state index in [1.54, 1.807) is 0 Å². The number of para-hydroxylation sites is 2. The van der Waals surface area contributed by atoms with Gasteiger partial charge in [0.2, 0.25) is 0 Å². The minimum absolute atomic E-state index is 0.998. The Kier molecular flexibility index (Phi) is 3.97. The Bertz CT molecular complexity index is 1240. The van der Waals surface area contributed by atoms with E-state index in [1.807, 2.05) is 0 Å². The molecule has 2 heteroatoms. The number of aromatic nitrogens is 2. The van der Waals surface area contributed by atoms with Crippen LogP contribution in [0.4, 0.5) is 0 Å². The number of nitrogens with zero attached hydrogens (tertiary/aromatic N) is 2. The molecular weight excluding hydrogens is 340 g/mol. The molecule has 0 radical (unpaired) electrons. The molecule has 5 aromatic rings. The van der Waals surface area contributed by atoms with Gasteiger partial charge in [-0.1, -0.05) is 50.2 Å². The van der Waals surface area contributed by atoms with Crippen LogP contribution in [-0.2, 0) is 25.9 Å². The Morgan fingerprint density at radius 2 is 0.964 bits per heavy atom. The molecule has 0 unspecified atom stereocenters. The van der Waals surface area contributed by atoms with Crippen molar-refractivity contribution in [2.75, 3.05) is 0 Å². The molecule has 0 bridgehead atoms. The summed E-state index contributed by atoms with van der Waals surface area (Å²) in [6, 6.07) is 17.9. The van der Waals surface area contributed by atoms with Crippen molar-refractivity contribution in [1.29, 1.82) is 0 Å². The van der Waals surface area contributed by atoms with Crippen molar-refractivity contribution >= 4 is 43.6 Å². The van der Waals surface area contributed by atoms with E-state index in [9.17, 15) is 0 Å². The third kappa shape index (κ3) is 2.03. The van der Waals surface area contributed by atoms with Crippen LogP contribution < -0.4 is 0 Å². The summed E-state index contributed by atoms with van der Waals surface area (Å²) in [5.74, 6) is 0. The van der Waals surface area contributed by atoms with Crippen molar-refractivity contribution in [1.82, 2.24) is 9.13 Å². The lowest BCUT2D eigenvalue weighted by Gasteiger charge is -2.15. The van der Waals surface area contributed by atoms with Gasteiger partial charge in [-0.25, -0.2) is 0 Å². The van der Waals surface area contributed by atoms with Gasteiger partial charge in [0.05, 0.1) is 11.0 Å². The minimum Gasteiger partial charge on any atom is -0.341 e. The third-order valence-corrected chi connectivity index (χ3v) is 6.46. The van der Waals surface area contributed by atoms with Crippen molar-refractivity contribution in [3.63, 3.8) is 0 Å². The molecule has 142 valence electrons. The van der Waals surface area contributed by atoms with Crippen LogP contribution in [0.25, 0.3) is 43.6 Å². The van der Waals surface area contributed by atoms with E-state index >= 15 is 0 Å². The first-order chi connectivity index (χ1) is 13.8. The van der Waals surface area contributed by atoms with Crippen LogP contribution in [0.15, 0.2) is 48.5 Å². The Morgan fingerprint density at radius 1 is 0.571 bits per heavy atom. The lowest BCUT2D eigenvalue weighted by Crippen LogP contribution is -2.01. The first-order valence-electron chi connectivity index (χ1n) is 10.7. The van der Waals surface area contributed by atoms with Crippen LogP contribution in [0.2, 0.25) is 0 Å². The fraction of sp³-hybridized carbons (Fsp3) is 0.308. The van der Waals surface area contributed by atoms with Crippen molar-refractivity contribution in [3.8, 4) is 0 Å². The number of hydrogen-bond acceptors (Lipinski definition) is 0. The van der Waals surface area contributed by atoms with Crippen LogP contribution >= 0.6 is 0 Å². The molecule has 2 aromatic heterocycles. The van der Waals surface area contributed by atoms with Gasteiger partial charge in [-0.2, -0.15) is 0 Å². The SMILES string of the molecule is CCc1c2c3ccccc3n(CC)c2c(CC)c2c3ccccc3n(CC)c12. The zero-order valence-corrected chi connectivity index (χ0v) is 17.3. The summed E-state index contributed by atoms with van der Waals surface area (Å²) in [6.07, 6.45) is 2.09. The first-order valence-corrected chi connectivity index (χ1v) is 10.7. The molecule has 0 spiro atoms. The van der Waals surface area contributed by atoms with E-state index in [0.717, 1.165) is 25.9 Å². The van der Waals surface area contributed by atoms with Crippen LogP contribution in [0, 0.1) is 0 Å². The van der Waals surface area contributed by atoms with Crippen LogP contribution in [-0.4, -0.2) is 9.13 Å². The molecule has 0 N–H and O–H groups in total. The molecule has 2 nitrogen and oxygen atoms in total. The molecule has 0 fully saturated rings. The average molecular weight is 369 g/mol. The Morgan fingerprint density at radius 3 is 1.32 bits per heavy atom. The monoisotopic (exact) mass is 368 g/mol. The van der Waals surface area contributed by atoms with Crippen LogP contribution in [0.3, 0.4) is 0 Å². The first kappa shape index (κ1) is 17.4. The molecule has 28 heavy (non-hydrogen) atoms. The average Bonchev–Trinajstić information content (AvgIpc) is 3.25. The molecule has 0 amide bonds. The Hall–Kier alpha value is -2.74. The van der Waals surface area contributed by atoms with Gasteiger partial charge in [-0.05, 0) is 49.9 Å². The normalized spacial score (nSPS) is 12.1. The van der Waals surface area contributed by atoms with E-state index in [4.69, 9.17) is 0 Å². The van der Waals surface area contributed by atoms with E-state index in [-0.39, 0.29) is 0 Å². The van der Waals surface area contributed by atoms with E-state index < -0.39 is 0 Å². The summed E-state index contributed by atoms with van der Waals surface area (Å²) in [4.78, 5) is 0. The van der Waals surface area contributed by atoms with Gasteiger partial charge in [0.25, 0.3) is 0 Å². The number of rotatable bonds is 4. The maximum absolute atomic E-state index is 2.54. The predicted octanol–water partition coefficient (Wildman–Crippen LogP) is 7.07. The second-order valence-electron chi connectivity index (χ2n) is 7.63. The number of hydrogen-bond donors (Lipinski definition) is 0. The highest BCUT2D eigenvalue weighted by molar-refractivity contribution is 6.22. The molecule has 2 heterocycles. The van der Waals surface area contributed by atoms with Gasteiger partial charge in [0, 0.05) is 45.7 Å². The van der Waals surface area contributed by atoms with Gasteiger partial charge in [-0.15, -0.1) is 0 Å². The molecule has 0 saturated carbocycles. The van der Waals surface area contributed by atoms with Gasteiger partial charge in [0.1, 0.15) is 0 Å². The Balaban J connectivity index is 2.21. The van der Waals surface area contributed by atoms with Crippen LogP contribution in [0.5, 0.6) is 0 Å². The molecule has 0 aliphatic heterocycles. The highest BCUT2D eigenvalue weighted by atomic mass is 15.0. The summed E-state index contributed by atoms with van der Waals surface area (Å²) >= 11 is 0. The largest absolute Gasteiger partial charge is 0.341 e. The lowest BCUT2D eigenvalue weighted by atomic mass is 9.94. The molecule has 3 aromatic carbocycles. The number of benzene rings is 3. The van der Waals surface area contributed by atoms with Crippen LogP contribution in [0.1, 0.15) is 38.8 Å². The van der Waals surface area contributed by atoms with Crippen molar-refractivity contribution in [2.45, 2.75) is 53.6 Å². The van der Waals surface area contributed by atoms with Gasteiger partial charge < -0.3 is 9.13 Å². The number of fused-ring (bicyclic) bond motifs is 6. The number of aryl methyl sites for hydroxylation is 4. The maximum Gasteiger partial charge on any atom is 0.0534 e. The second kappa shape index (κ2) is 6.41. The third-order valence-electron chi connectivity index (χ3n) is 6.46. The van der Waals surface area contributed by atoms with E-state index in [2.05, 4.69) is 85.4 Å². The fourth-order valence-electron chi connectivity index (χ4n) is 5.43. The summed E-state index contributed by atoms with van der Waals surface area (Å²) in [6.45, 7) is 11.2. The summed E-state index contributed by atoms with van der Waals surface area (Å²) in [7, 11) is 0. The fourth-order valence-corrected chi connectivity index (χ4v) is 5.43. The second-order valence-corrected chi connectivity index (χ2v) is 7.63. The quantitative estimate of drug-likeness (QED) is 0.321. The standard InChI is InChI=1S/C26H28N2/c1-5-17-23-19-13-9-11-15-21(19)28(8-4)26(23)18(6-2)24-20-14-10-12-16-22(20)27(7-3)25(17)24/h9-16H,5-8H2,1-4H3. The molecule has 0 aliphatic rings. The molecule has 0 aliphatic carbocycles. The van der Waals surface area contributed by atoms with Gasteiger partial charge in [0.15, 0.2) is 0 Å². The molecule has 0 atom stereocenters. The zero-order chi connectivity index (χ0) is 19.4. The molecule has 5 rings (SSSR count). The van der Waals surface area contributed by atoms with Gasteiger partial charge >= 0.3 is 0 Å². The van der Waals surface area contributed by atoms with E-state index in [0.29, 0.717) is 0 Å². The Labute approximate surface area is 166 Å². The van der Waals surface area contributed by atoms with Gasteiger partial charge in [-0.3, -0.25) is 0 Å². The highest BCUT2D eigenvalue weighted by Gasteiger charge is 2.23. The zero-order valence-electron chi connectivity index (χ0n) is 17.3. The molecular formula is C26H28N2.